The molecule has 0 saturated heterocycles. The lowest BCUT2D eigenvalue weighted by Crippen LogP contribution is -2.04. The van der Waals surface area contributed by atoms with Crippen LogP contribution in [-0.4, -0.2) is 22.1 Å². The fourth-order valence-corrected chi connectivity index (χ4v) is 2.40. The zero-order chi connectivity index (χ0) is 13.4. The van der Waals surface area contributed by atoms with Crippen LogP contribution in [0.2, 0.25) is 0 Å². The predicted molar refractivity (Wildman–Crippen MR) is 74.2 cm³/mol. The summed E-state index contributed by atoms with van der Waals surface area (Å²) in [5, 5.41) is 2.07. The average Bonchev–Trinajstić information content (AvgIpc) is 2.73. The molecule has 96 valence electrons. The number of pyridine rings is 1. The second kappa shape index (κ2) is 4.39. The van der Waals surface area contributed by atoms with Crippen LogP contribution in [0.1, 0.15) is 17.3 Å². The first-order valence-electron chi connectivity index (χ1n) is 6.21. The van der Waals surface area contributed by atoms with Crippen LogP contribution in [-0.2, 0) is 11.8 Å². The van der Waals surface area contributed by atoms with Crippen LogP contribution in [0.25, 0.3) is 21.8 Å². The summed E-state index contributed by atoms with van der Waals surface area (Å²) in [7, 11) is 2.01. The van der Waals surface area contributed by atoms with Gasteiger partial charge in [-0.3, -0.25) is 4.98 Å². The monoisotopic (exact) mass is 254 g/mol. The third-order valence-corrected chi connectivity index (χ3v) is 3.32. The molecule has 3 rings (SSSR count). The largest absolute Gasteiger partial charge is 0.462 e. The molecule has 0 radical (unpaired) electrons. The number of aromatic nitrogens is 2. The van der Waals surface area contributed by atoms with Gasteiger partial charge in [-0.25, -0.2) is 4.79 Å². The quantitative estimate of drug-likeness (QED) is 0.660. The van der Waals surface area contributed by atoms with Gasteiger partial charge in [-0.05, 0) is 31.2 Å². The summed E-state index contributed by atoms with van der Waals surface area (Å²) in [6.45, 7) is 2.19. The van der Waals surface area contributed by atoms with E-state index in [0.717, 1.165) is 21.8 Å². The number of rotatable bonds is 2. The zero-order valence-corrected chi connectivity index (χ0v) is 10.9. The van der Waals surface area contributed by atoms with Crippen molar-refractivity contribution in [3.63, 3.8) is 0 Å². The SMILES string of the molecule is CCOC(=O)c1ccc2c(c1)c1cnccc1n2C. The molecule has 4 nitrogen and oxygen atoms in total. The van der Waals surface area contributed by atoms with Crippen LogP contribution in [0.5, 0.6) is 0 Å². The molecular formula is C15H14N2O2. The number of nitrogens with zero attached hydrogens (tertiary/aromatic N) is 2. The average molecular weight is 254 g/mol. The van der Waals surface area contributed by atoms with Crippen LogP contribution < -0.4 is 0 Å². The van der Waals surface area contributed by atoms with E-state index in [9.17, 15) is 4.79 Å². The lowest BCUT2D eigenvalue weighted by Gasteiger charge is -2.02. The molecule has 0 spiro atoms. The van der Waals surface area contributed by atoms with Gasteiger partial charge in [0.15, 0.2) is 0 Å². The van der Waals surface area contributed by atoms with Crippen LogP contribution in [0.15, 0.2) is 36.7 Å². The van der Waals surface area contributed by atoms with Crippen molar-refractivity contribution in [1.29, 1.82) is 0 Å². The number of fused-ring (bicyclic) bond motifs is 3. The van der Waals surface area contributed by atoms with Gasteiger partial charge < -0.3 is 9.30 Å². The molecule has 19 heavy (non-hydrogen) atoms. The van der Waals surface area contributed by atoms with Gasteiger partial charge in [0.1, 0.15) is 0 Å². The summed E-state index contributed by atoms with van der Waals surface area (Å²) in [5.41, 5.74) is 2.76. The first kappa shape index (κ1) is 11.7. The summed E-state index contributed by atoms with van der Waals surface area (Å²) in [4.78, 5) is 15.9. The normalized spacial score (nSPS) is 11.1. The Kier molecular flexibility index (Phi) is 2.71. The number of esters is 1. The van der Waals surface area contributed by atoms with E-state index < -0.39 is 0 Å². The van der Waals surface area contributed by atoms with Crippen LogP contribution in [0.3, 0.4) is 0 Å². The lowest BCUT2D eigenvalue weighted by atomic mass is 10.1. The molecule has 0 amide bonds. The van der Waals surface area contributed by atoms with E-state index >= 15 is 0 Å². The highest BCUT2D eigenvalue weighted by molar-refractivity contribution is 6.09. The number of carbonyl (C=O) groups excluding carboxylic acids is 1. The predicted octanol–water partition coefficient (Wildman–Crippen LogP) is 2.90. The topological polar surface area (TPSA) is 44.1 Å². The maximum absolute atomic E-state index is 11.8. The highest BCUT2D eigenvalue weighted by Crippen LogP contribution is 2.28. The molecule has 0 aliphatic carbocycles. The smallest absolute Gasteiger partial charge is 0.338 e. The third-order valence-electron chi connectivity index (χ3n) is 3.32. The molecule has 3 aromatic rings. The Morgan fingerprint density at radius 1 is 1.26 bits per heavy atom. The second-order valence-corrected chi connectivity index (χ2v) is 4.40. The molecule has 0 saturated carbocycles. The van der Waals surface area contributed by atoms with Gasteiger partial charge in [-0.15, -0.1) is 0 Å². The third kappa shape index (κ3) is 1.76. The number of benzene rings is 1. The Morgan fingerprint density at radius 3 is 2.84 bits per heavy atom. The van der Waals surface area contributed by atoms with E-state index in [-0.39, 0.29) is 5.97 Å². The molecule has 0 atom stereocenters. The lowest BCUT2D eigenvalue weighted by molar-refractivity contribution is 0.0526. The van der Waals surface area contributed by atoms with Gasteiger partial charge in [0.2, 0.25) is 0 Å². The van der Waals surface area contributed by atoms with Crippen molar-refractivity contribution in [3.05, 3.63) is 42.2 Å². The van der Waals surface area contributed by atoms with Crippen molar-refractivity contribution in [3.8, 4) is 0 Å². The molecule has 0 N–H and O–H groups in total. The van der Waals surface area contributed by atoms with Crippen molar-refractivity contribution >= 4 is 27.8 Å². The molecule has 4 heteroatoms. The molecule has 1 aromatic carbocycles. The summed E-state index contributed by atoms with van der Waals surface area (Å²) in [6.07, 6.45) is 3.60. The van der Waals surface area contributed by atoms with Gasteiger partial charge in [0, 0.05) is 35.7 Å². The number of carbonyl (C=O) groups is 1. The maximum Gasteiger partial charge on any atom is 0.338 e. The van der Waals surface area contributed by atoms with E-state index in [0.29, 0.717) is 12.2 Å². The Labute approximate surface area is 110 Å². The van der Waals surface area contributed by atoms with Crippen molar-refractivity contribution < 1.29 is 9.53 Å². The summed E-state index contributed by atoms with van der Waals surface area (Å²) >= 11 is 0. The van der Waals surface area contributed by atoms with E-state index in [1.54, 1.807) is 19.2 Å². The van der Waals surface area contributed by atoms with Crippen LogP contribution in [0, 0.1) is 0 Å². The summed E-state index contributed by atoms with van der Waals surface area (Å²) in [5.74, 6) is -0.287. The van der Waals surface area contributed by atoms with Crippen molar-refractivity contribution in [1.82, 2.24) is 9.55 Å². The van der Waals surface area contributed by atoms with Crippen molar-refractivity contribution in [2.24, 2.45) is 7.05 Å². The minimum Gasteiger partial charge on any atom is -0.462 e. The minimum atomic E-state index is -0.287. The molecular weight excluding hydrogens is 240 g/mol. The Hall–Kier alpha value is -2.36. The fraction of sp³-hybridized carbons (Fsp3) is 0.200. The van der Waals surface area contributed by atoms with Crippen LogP contribution >= 0.6 is 0 Å². The van der Waals surface area contributed by atoms with Gasteiger partial charge in [-0.2, -0.15) is 0 Å². The standard InChI is InChI=1S/C15H14N2O2/c1-3-19-15(18)10-4-5-13-11(8-10)12-9-16-7-6-14(12)17(13)2/h4-9H,3H2,1-2H3. The van der Waals surface area contributed by atoms with Crippen molar-refractivity contribution in [2.45, 2.75) is 6.92 Å². The molecule has 0 aliphatic heterocycles. The number of ether oxygens (including phenoxy) is 1. The van der Waals surface area contributed by atoms with E-state index in [2.05, 4.69) is 9.55 Å². The molecule has 0 unspecified atom stereocenters. The molecule has 2 aromatic heterocycles. The molecule has 0 bridgehead atoms. The Balaban J connectivity index is 2.28. The minimum absolute atomic E-state index is 0.287. The number of aryl methyl sites for hydroxylation is 1. The van der Waals surface area contributed by atoms with Gasteiger partial charge in [0.05, 0.1) is 17.7 Å². The first-order valence-corrected chi connectivity index (χ1v) is 6.21. The van der Waals surface area contributed by atoms with E-state index in [1.165, 1.54) is 0 Å². The zero-order valence-electron chi connectivity index (χ0n) is 10.9. The van der Waals surface area contributed by atoms with Gasteiger partial charge in [-0.1, -0.05) is 0 Å². The highest BCUT2D eigenvalue weighted by atomic mass is 16.5. The van der Waals surface area contributed by atoms with Gasteiger partial charge in [0.25, 0.3) is 0 Å². The van der Waals surface area contributed by atoms with E-state index in [4.69, 9.17) is 4.74 Å². The summed E-state index contributed by atoms with van der Waals surface area (Å²) < 4.78 is 7.13. The Morgan fingerprint density at radius 2 is 2.05 bits per heavy atom. The highest BCUT2D eigenvalue weighted by Gasteiger charge is 2.12. The summed E-state index contributed by atoms with van der Waals surface area (Å²) in [6, 6.07) is 7.59. The van der Waals surface area contributed by atoms with E-state index in [1.807, 2.05) is 31.4 Å². The number of hydrogen-bond donors (Lipinski definition) is 0. The molecule has 0 fully saturated rings. The first-order chi connectivity index (χ1) is 9.22. The fourth-order valence-electron chi connectivity index (χ4n) is 2.40. The maximum atomic E-state index is 11.8. The van der Waals surface area contributed by atoms with Crippen LogP contribution in [0.4, 0.5) is 0 Å². The number of hydrogen-bond acceptors (Lipinski definition) is 3. The Bertz CT molecular complexity index is 774. The molecule has 2 heterocycles. The van der Waals surface area contributed by atoms with Crippen molar-refractivity contribution in [2.75, 3.05) is 6.61 Å². The second-order valence-electron chi connectivity index (χ2n) is 4.40. The van der Waals surface area contributed by atoms with Gasteiger partial charge >= 0.3 is 5.97 Å². The molecule has 0 aliphatic rings.